The number of nitrogens with zero attached hydrogens (tertiary/aromatic N) is 1. The summed E-state index contributed by atoms with van der Waals surface area (Å²) in [6.07, 6.45) is 3.43. The summed E-state index contributed by atoms with van der Waals surface area (Å²) >= 11 is 0. The number of amides is 1. The lowest BCUT2D eigenvalue weighted by molar-refractivity contribution is -0.152. The van der Waals surface area contributed by atoms with Gasteiger partial charge in [0.2, 0.25) is 0 Å². The molecule has 0 unspecified atom stereocenters. The Hall–Kier alpha value is -2.69. The van der Waals surface area contributed by atoms with E-state index in [2.05, 4.69) is 15.0 Å². The molecule has 1 aromatic heterocycles. The molecule has 102 valence electrons. The average molecular weight is 270 g/mol. The Labute approximate surface area is 116 Å². The maximum atomic E-state index is 11.5. The number of pyridine rings is 1. The van der Waals surface area contributed by atoms with Crippen molar-refractivity contribution in [3.8, 4) is 11.1 Å². The molecule has 2 aromatic rings. The Morgan fingerprint density at radius 1 is 1.05 bits per heavy atom. The second-order valence-electron chi connectivity index (χ2n) is 3.99. The zero-order valence-corrected chi connectivity index (χ0v) is 11.0. The van der Waals surface area contributed by atoms with Crippen LogP contribution >= 0.6 is 0 Å². The van der Waals surface area contributed by atoms with E-state index in [9.17, 15) is 9.59 Å². The van der Waals surface area contributed by atoms with E-state index < -0.39 is 11.9 Å². The fraction of sp³-hybridized carbons (Fsp3) is 0.133. The summed E-state index contributed by atoms with van der Waals surface area (Å²) in [5.74, 6) is -1.66. The van der Waals surface area contributed by atoms with Crippen LogP contribution in [0, 0.1) is 0 Å². The second kappa shape index (κ2) is 6.47. The van der Waals surface area contributed by atoms with Crippen LogP contribution in [0.5, 0.6) is 0 Å². The highest BCUT2D eigenvalue weighted by Gasteiger charge is 2.14. The van der Waals surface area contributed by atoms with Gasteiger partial charge in [0.15, 0.2) is 0 Å². The van der Waals surface area contributed by atoms with Gasteiger partial charge in [-0.3, -0.25) is 9.78 Å². The van der Waals surface area contributed by atoms with E-state index >= 15 is 0 Å². The molecule has 1 N–H and O–H groups in total. The minimum Gasteiger partial charge on any atom is -0.459 e. The standard InChI is InChI=1S/C15H14N2O3/c1-2-20-15(19)14(18)17-13-5-3-11(4-6-13)12-7-9-16-10-8-12/h3-10H,2H2,1H3,(H,17,18). The number of ether oxygens (including phenoxy) is 1. The number of rotatable bonds is 3. The van der Waals surface area contributed by atoms with Crippen LogP contribution in [0.1, 0.15) is 6.92 Å². The molecular weight excluding hydrogens is 256 g/mol. The van der Waals surface area contributed by atoms with E-state index in [1.807, 2.05) is 24.3 Å². The molecule has 0 fully saturated rings. The molecule has 5 heteroatoms. The lowest BCUT2D eigenvalue weighted by Crippen LogP contribution is -2.24. The largest absolute Gasteiger partial charge is 0.459 e. The van der Waals surface area contributed by atoms with Crippen LogP contribution < -0.4 is 5.32 Å². The van der Waals surface area contributed by atoms with E-state index in [1.54, 1.807) is 31.5 Å². The van der Waals surface area contributed by atoms with Crippen LogP contribution in [0.4, 0.5) is 5.69 Å². The minimum absolute atomic E-state index is 0.174. The minimum atomic E-state index is -0.884. The normalized spacial score (nSPS) is 9.85. The van der Waals surface area contributed by atoms with E-state index in [0.29, 0.717) is 5.69 Å². The van der Waals surface area contributed by atoms with Crippen molar-refractivity contribution in [3.63, 3.8) is 0 Å². The maximum absolute atomic E-state index is 11.5. The van der Waals surface area contributed by atoms with Crippen molar-refractivity contribution in [1.29, 1.82) is 0 Å². The first kappa shape index (κ1) is 13.7. The number of aromatic nitrogens is 1. The molecule has 0 saturated heterocycles. The number of anilines is 1. The molecule has 1 aromatic carbocycles. The Morgan fingerprint density at radius 2 is 1.65 bits per heavy atom. The highest BCUT2D eigenvalue weighted by atomic mass is 16.5. The Bertz CT molecular complexity index is 594. The zero-order chi connectivity index (χ0) is 14.4. The van der Waals surface area contributed by atoms with Gasteiger partial charge in [0.05, 0.1) is 6.61 Å². The van der Waals surface area contributed by atoms with Gasteiger partial charge in [-0.25, -0.2) is 4.79 Å². The predicted octanol–water partition coefficient (Wildman–Crippen LogP) is 2.25. The van der Waals surface area contributed by atoms with Crippen LogP contribution in [-0.4, -0.2) is 23.5 Å². The van der Waals surface area contributed by atoms with E-state index in [4.69, 9.17) is 0 Å². The third-order valence-corrected chi connectivity index (χ3v) is 2.62. The number of carbonyl (C=O) groups is 2. The Kier molecular flexibility index (Phi) is 4.44. The topological polar surface area (TPSA) is 68.3 Å². The van der Waals surface area contributed by atoms with E-state index in [0.717, 1.165) is 11.1 Å². The summed E-state index contributed by atoms with van der Waals surface area (Å²) in [5.41, 5.74) is 2.57. The molecule has 20 heavy (non-hydrogen) atoms. The van der Waals surface area contributed by atoms with Crippen LogP contribution in [0.2, 0.25) is 0 Å². The highest BCUT2D eigenvalue weighted by Crippen LogP contribution is 2.20. The van der Waals surface area contributed by atoms with Crippen molar-refractivity contribution in [1.82, 2.24) is 4.98 Å². The van der Waals surface area contributed by atoms with Crippen molar-refractivity contribution in [2.24, 2.45) is 0 Å². The molecule has 0 bridgehead atoms. The molecule has 2 rings (SSSR count). The van der Waals surface area contributed by atoms with Gasteiger partial charge in [-0.1, -0.05) is 12.1 Å². The van der Waals surface area contributed by atoms with Gasteiger partial charge in [-0.05, 0) is 42.3 Å². The molecule has 0 saturated carbocycles. The zero-order valence-electron chi connectivity index (χ0n) is 11.0. The molecule has 0 spiro atoms. The molecule has 0 atom stereocenters. The third kappa shape index (κ3) is 3.41. The van der Waals surface area contributed by atoms with Crippen LogP contribution in [0.25, 0.3) is 11.1 Å². The summed E-state index contributed by atoms with van der Waals surface area (Å²) in [6, 6.07) is 11.0. The maximum Gasteiger partial charge on any atom is 0.397 e. The molecule has 1 heterocycles. The quantitative estimate of drug-likeness (QED) is 0.686. The molecule has 0 aliphatic heterocycles. The van der Waals surface area contributed by atoms with Crippen molar-refractivity contribution in [3.05, 3.63) is 48.8 Å². The average Bonchev–Trinajstić information content (AvgIpc) is 2.49. The van der Waals surface area contributed by atoms with Gasteiger partial charge in [-0.2, -0.15) is 0 Å². The van der Waals surface area contributed by atoms with Gasteiger partial charge in [-0.15, -0.1) is 0 Å². The Balaban J connectivity index is 2.06. The number of hydrogen-bond donors (Lipinski definition) is 1. The van der Waals surface area contributed by atoms with Gasteiger partial charge >= 0.3 is 11.9 Å². The van der Waals surface area contributed by atoms with Gasteiger partial charge in [0.25, 0.3) is 0 Å². The molecule has 0 aliphatic rings. The first-order valence-electron chi connectivity index (χ1n) is 6.19. The van der Waals surface area contributed by atoms with Crippen LogP contribution in [0.15, 0.2) is 48.8 Å². The Morgan fingerprint density at radius 3 is 2.25 bits per heavy atom. The second-order valence-corrected chi connectivity index (χ2v) is 3.99. The summed E-state index contributed by atoms with van der Waals surface area (Å²) in [5, 5.41) is 2.48. The van der Waals surface area contributed by atoms with E-state index in [1.165, 1.54) is 0 Å². The lowest BCUT2D eigenvalue weighted by Gasteiger charge is -2.06. The summed E-state index contributed by atoms with van der Waals surface area (Å²) < 4.78 is 4.61. The SMILES string of the molecule is CCOC(=O)C(=O)Nc1ccc(-c2ccncc2)cc1. The highest BCUT2D eigenvalue weighted by molar-refractivity contribution is 6.37. The van der Waals surface area contributed by atoms with Crippen molar-refractivity contribution >= 4 is 17.6 Å². The smallest absolute Gasteiger partial charge is 0.397 e. The number of carbonyl (C=O) groups excluding carboxylic acids is 2. The van der Waals surface area contributed by atoms with Gasteiger partial charge in [0, 0.05) is 18.1 Å². The summed E-state index contributed by atoms with van der Waals surface area (Å²) in [4.78, 5) is 26.6. The number of hydrogen-bond acceptors (Lipinski definition) is 4. The van der Waals surface area contributed by atoms with Gasteiger partial charge < -0.3 is 10.1 Å². The number of benzene rings is 1. The first-order chi connectivity index (χ1) is 9.70. The molecular formula is C15H14N2O3. The molecule has 0 aliphatic carbocycles. The summed E-state index contributed by atoms with van der Waals surface area (Å²) in [7, 11) is 0. The number of nitrogens with one attached hydrogen (secondary N) is 1. The summed E-state index contributed by atoms with van der Waals surface area (Å²) in [6.45, 7) is 1.82. The van der Waals surface area contributed by atoms with Crippen LogP contribution in [-0.2, 0) is 14.3 Å². The fourth-order valence-corrected chi connectivity index (χ4v) is 1.67. The fourth-order valence-electron chi connectivity index (χ4n) is 1.67. The predicted molar refractivity (Wildman–Crippen MR) is 74.9 cm³/mol. The number of esters is 1. The van der Waals surface area contributed by atoms with E-state index in [-0.39, 0.29) is 6.61 Å². The van der Waals surface area contributed by atoms with Crippen molar-refractivity contribution < 1.29 is 14.3 Å². The molecule has 1 amide bonds. The van der Waals surface area contributed by atoms with Gasteiger partial charge in [0.1, 0.15) is 0 Å². The first-order valence-corrected chi connectivity index (χ1v) is 6.19. The molecule has 0 radical (unpaired) electrons. The monoisotopic (exact) mass is 270 g/mol. The molecule has 5 nitrogen and oxygen atoms in total. The lowest BCUT2D eigenvalue weighted by atomic mass is 10.1. The van der Waals surface area contributed by atoms with Crippen molar-refractivity contribution in [2.45, 2.75) is 6.92 Å². The van der Waals surface area contributed by atoms with Crippen molar-refractivity contribution in [2.75, 3.05) is 11.9 Å². The van der Waals surface area contributed by atoms with Crippen LogP contribution in [0.3, 0.4) is 0 Å². The third-order valence-electron chi connectivity index (χ3n) is 2.62.